The van der Waals surface area contributed by atoms with Gasteiger partial charge in [-0.2, -0.15) is 0 Å². The van der Waals surface area contributed by atoms with Gasteiger partial charge in [0.05, 0.1) is 0 Å². The fourth-order valence-corrected chi connectivity index (χ4v) is 1.79. The van der Waals surface area contributed by atoms with Crippen LogP contribution < -0.4 is 10.6 Å². The summed E-state index contributed by atoms with van der Waals surface area (Å²) < 4.78 is 25.9. The van der Waals surface area contributed by atoms with E-state index >= 15 is 0 Å². The smallest absolute Gasteiger partial charge is 0.255 e. The van der Waals surface area contributed by atoms with Gasteiger partial charge in [0.25, 0.3) is 5.91 Å². The van der Waals surface area contributed by atoms with Gasteiger partial charge in [-0.3, -0.25) is 4.79 Å². The van der Waals surface area contributed by atoms with Gasteiger partial charge in [-0.25, -0.2) is 8.78 Å². The van der Waals surface area contributed by atoms with E-state index in [4.69, 9.17) is 0 Å². The molecule has 0 saturated carbocycles. The van der Waals surface area contributed by atoms with Gasteiger partial charge in [0.15, 0.2) is 11.6 Å². The Morgan fingerprint density at radius 3 is 2.29 bits per heavy atom. The molecule has 3 nitrogen and oxygen atoms in total. The second-order valence-electron chi connectivity index (χ2n) is 4.59. The van der Waals surface area contributed by atoms with Crippen molar-refractivity contribution in [1.82, 2.24) is 0 Å². The molecule has 0 radical (unpaired) electrons. The van der Waals surface area contributed by atoms with Crippen LogP contribution in [-0.4, -0.2) is 12.5 Å². The van der Waals surface area contributed by atoms with Crippen LogP contribution in [0.4, 0.5) is 20.2 Å². The number of hydrogen-bond donors (Lipinski definition) is 2. The molecular formula is C16H16F2N2O. The van der Waals surface area contributed by atoms with Gasteiger partial charge in [0.1, 0.15) is 0 Å². The predicted molar refractivity (Wildman–Crippen MR) is 79.5 cm³/mol. The topological polar surface area (TPSA) is 41.1 Å². The summed E-state index contributed by atoms with van der Waals surface area (Å²) in [6.45, 7) is 2.93. The van der Waals surface area contributed by atoms with Crippen LogP contribution in [0, 0.1) is 11.6 Å². The summed E-state index contributed by atoms with van der Waals surface area (Å²) in [6, 6.07) is 10.2. The fraction of sp³-hybridized carbons (Fsp3) is 0.188. The van der Waals surface area contributed by atoms with Crippen molar-refractivity contribution in [1.29, 1.82) is 0 Å². The number of rotatable bonds is 5. The van der Waals surface area contributed by atoms with Crippen LogP contribution >= 0.6 is 0 Å². The third-order valence-electron chi connectivity index (χ3n) is 2.90. The lowest BCUT2D eigenvalue weighted by Gasteiger charge is -2.08. The number of hydrogen-bond acceptors (Lipinski definition) is 2. The second kappa shape index (κ2) is 6.83. The average Bonchev–Trinajstić information content (AvgIpc) is 2.49. The molecule has 2 aromatic rings. The summed E-state index contributed by atoms with van der Waals surface area (Å²) in [5, 5.41) is 5.72. The number of benzene rings is 2. The molecule has 0 spiro atoms. The van der Waals surface area contributed by atoms with Gasteiger partial charge in [-0.05, 0) is 42.8 Å². The molecule has 0 aliphatic heterocycles. The van der Waals surface area contributed by atoms with E-state index in [2.05, 4.69) is 17.6 Å². The molecule has 1 amide bonds. The molecule has 0 aromatic heterocycles. The van der Waals surface area contributed by atoms with Crippen molar-refractivity contribution in [3.05, 3.63) is 59.7 Å². The normalized spacial score (nSPS) is 10.2. The zero-order valence-corrected chi connectivity index (χ0v) is 11.6. The highest BCUT2D eigenvalue weighted by molar-refractivity contribution is 6.04. The van der Waals surface area contributed by atoms with Crippen molar-refractivity contribution >= 4 is 17.3 Å². The molecule has 0 aliphatic rings. The van der Waals surface area contributed by atoms with Crippen LogP contribution in [0.25, 0.3) is 0 Å². The minimum Gasteiger partial charge on any atom is -0.385 e. The van der Waals surface area contributed by atoms with Gasteiger partial charge in [-0.1, -0.05) is 6.92 Å². The van der Waals surface area contributed by atoms with E-state index in [1.54, 1.807) is 24.3 Å². The van der Waals surface area contributed by atoms with E-state index < -0.39 is 11.6 Å². The molecule has 0 aliphatic carbocycles. The standard InChI is InChI=1S/C16H16F2N2O/c1-2-9-19-12-5-3-11(4-6-12)16(21)20-13-7-8-14(17)15(18)10-13/h3-8,10,19H,2,9H2,1H3,(H,20,21). The van der Waals surface area contributed by atoms with Crippen LogP contribution in [0.3, 0.4) is 0 Å². The molecule has 5 heteroatoms. The van der Waals surface area contributed by atoms with Crippen molar-refractivity contribution in [3.8, 4) is 0 Å². The van der Waals surface area contributed by atoms with Crippen molar-refractivity contribution in [2.45, 2.75) is 13.3 Å². The van der Waals surface area contributed by atoms with Gasteiger partial charge in [0, 0.05) is 29.5 Å². The zero-order valence-electron chi connectivity index (χ0n) is 11.6. The number of carbonyl (C=O) groups is 1. The highest BCUT2D eigenvalue weighted by atomic mass is 19.2. The zero-order chi connectivity index (χ0) is 15.2. The Morgan fingerprint density at radius 1 is 1.00 bits per heavy atom. The minimum atomic E-state index is -0.994. The maximum atomic E-state index is 13.1. The third-order valence-corrected chi connectivity index (χ3v) is 2.90. The van der Waals surface area contributed by atoms with Gasteiger partial charge < -0.3 is 10.6 Å². The maximum absolute atomic E-state index is 13.1. The lowest BCUT2D eigenvalue weighted by Crippen LogP contribution is -2.12. The largest absolute Gasteiger partial charge is 0.385 e. The molecule has 0 saturated heterocycles. The summed E-state index contributed by atoms with van der Waals surface area (Å²) in [5.74, 6) is -2.31. The van der Waals surface area contributed by atoms with E-state index in [1.165, 1.54) is 6.07 Å². The monoisotopic (exact) mass is 290 g/mol. The number of halogens is 2. The van der Waals surface area contributed by atoms with Crippen LogP contribution in [0.15, 0.2) is 42.5 Å². The molecule has 2 rings (SSSR count). The van der Waals surface area contributed by atoms with Crippen LogP contribution in [0.2, 0.25) is 0 Å². The van der Waals surface area contributed by atoms with Crippen molar-refractivity contribution in [3.63, 3.8) is 0 Å². The fourth-order valence-electron chi connectivity index (χ4n) is 1.79. The van der Waals surface area contributed by atoms with Gasteiger partial charge in [0.2, 0.25) is 0 Å². The van der Waals surface area contributed by atoms with Gasteiger partial charge >= 0.3 is 0 Å². The lowest BCUT2D eigenvalue weighted by molar-refractivity contribution is 0.102. The van der Waals surface area contributed by atoms with Crippen LogP contribution in [0.5, 0.6) is 0 Å². The van der Waals surface area contributed by atoms with Crippen molar-refractivity contribution in [2.75, 3.05) is 17.2 Å². The molecule has 0 bridgehead atoms. The van der Waals surface area contributed by atoms with E-state index in [-0.39, 0.29) is 11.6 Å². The van der Waals surface area contributed by atoms with E-state index in [9.17, 15) is 13.6 Å². The first-order valence-electron chi connectivity index (χ1n) is 6.70. The molecule has 0 fully saturated rings. The first-order chi connectivity index (χ1) is 10.1. The third kappa shape index (κ3) is 4.02. The molecule has 21 heavy (non-hydrogen) atoms. The Kier molecular flexibility index (Phi) is 4.87. The van der Waals surface area contributed by atoms with E-state index in [0.717, 1.165) is 30.8 Å². The minimum absolute atomic E-state index is 0.215. The highest BCUT2D eigenvalue weighted by Crippen LogP contribution is 2.15. The lowest BCUT2D eigenvalue weighted by atomic mass is 10.2. The number of anilines is 2. The second-order valence-corrected chi connectivity index (χ2v) is 4.59. The Labute approximate surface area is 122 Å². The summed E-state index contributed by atoms with van der Waals surface area (Å²) in [5.41, 5.74) is 1.59. The summed E-state index contributed by atoms with van der Waals surface area (Å²) in [6.07, 6.45) is 1.01. The summed E-state index contributed by atoms with van der Waals surface area (Å²) in [7, 11) is 0. The maximum Gasteiger partial charge on any atom is 0.255 e. The van der Waals surface area contributed by atoms with E-state index in [0.29, 0.717) is 5.56 Å². The average molecular weight is 290 g/mol. The SMILES string of the molecule is CCCNc1ccc(C(=O)Nc2ccc(F)c(F)c2)cc1. The number of amides is 1. The van der Waals surface area contributed by atoms with E-state index in [1.807, 2.05) is 0 Å². The Morgan fingerprint density at radius 2 is 1.67 bits per heavy atom. The number of carbonyl (C=O) groups excluding carboxylic acids is 1. The van der Waals surface area contributed by atoms with Crippen molar-refractivity contribution in [2.24, 2.45) is 0 Å². The highest BCUT2D eigenvalue weighted by Gasteiger charge is 2.08. The first-order valence-corrected chi connectivity index (χ1v) is 6.70. The van der Waals surface area contributed by atoms with Crippen LogP contribution in [-0.2, 0) is 0 Å². The summed E-state index contributed by atoms with van der Waals surface area (Å²) in [4.78, 5) is 12.0. The molecule has 0 unspecified atom stereocenters. The van der Waals surface area contributed by atoms with Gasteiger partial charge in [-0.15, -0.1) is 0 Å². The summed E-state index contributed by atoms with van der Waals surface area (Å²) >= 11 is 0. The first kappa shape index (κ1) is 15.0. The Bertz CT molecular complexity index is 627. The predicted octanol–water partition coefficient (Wildman–Crippen LogP) is 4.04. The molecule has 0 heterocycles. The Balaban J connectivity index is 2.04. The quantitative estimate of drug-likeness (QED) is 0.872. The Hall–Kier alpha value is -2.43. The van der Waals surface area contributed by atoms with Crippen molar-refractivity contribution < 1.29 is 13.6 Å². The molecule has 110 valence electrons. The molecule has 2 N–H and O–H groups in total. The molecule has 2 aromatic carbocycles. The number of nitrogens with one attached hydrogen (secondary N) is 2. The molecular weight excluding hydrogens is 274 g/mol. The van der Waals surface area contributed by atoms with Crippen LogP contribution in [0.1, 0.15) is 23.7 Å². The molecule has 0 atom stereocenters.